The molecule has 0 bridgehead atoms. The highest BCUT2D eigenvalue weighted by atomic mass is 16.2. The number of hydrogen-bond donors (Lipinski definition) is 3. The number of unbranched alkanes of at least 4 members (excludes halogenated alkanes) is 1. The minimum atomic E-state index is -0.200. The van der Waals surface area contributed by atoms with Gasteiger partial charge in [0.2, 0.25) is 0 Å². The number of carbonyl (C=O) groups is 2. The van der Waals surface area contributed by atoms with Gasteiger partial charge in [0.05, 0.1) is 0 Å². The first-order valence-corrected chi connectivity index (χ1v) is 9.20. The number of hydrogen-bond acceptors (Lipinski definition) is 3. The smallest absolute Gasteiger partial charge is 0.319 e. The summed E-state index contributed by atoms with van der Waals surface area (Å²) in [4.78, 5) is 23.7. The molecule has 26 heavy (non-hydrogen) atoms. The lowest BCUT2D eigenvalue weighted by atomic mass is 10.0. The van der Waals surface area contributed by atoms with Gasteiger partial charge in [0, 0.05) is 36.4 Å². The van der Waals surface area contributed by atoms with E-state index in [1.54, 1.807) is 6.07 Å². The molecule has 0 atom stereocenters. The molecule has 5 nitrogen and oxygen atoms in total. The molecule has 0 aliphatic carbocycles. The number of nitrogens with one attached hydrogen (secondary N) is 3. The molecule has 3 N–H and O–H groups in total. The Balaban J connectivity index is 1.45. The van der Waals surface area contributed by atoms with Crippen molar-refractivity contribution in [3.8, 4) is 0 Å². The van der Waals surface area contributed by atoms with E-state index in [2.05, 4.69) is 41.1 Å². The SMILES string of the molecule is CCc1ccccc1NCCCCC(=O)c1ccc2c(c1)CNC(=O)N2. The molecule has 0 fully saturated rings. The van der Waals surface area contributed by atoms with E-state index < -0.39 is 0 Å². The van der Waals surface area contributed by atoms with Crippen molar-refractivity contribution in [3.63, 3.8) is 0 Å². The van der Waals surface area contributed by atoms with Crippen molar-refractivity contribution in [1.82, 2.24) is 5.32 Å². The maximum absolute atomic E-state index is 12.4. The topological polar surface area (TPSA) is 70.2 Å². The summed E-state index contributed by atoms with van der Waals surface area (Å²) in [7, 11) is 0. The van der Waals surface area contributed by atoms with E-state index in [0.717, 1.165) is 37.1 Å². The Morgan fingerprint density at radius 3 is 2.85 bits per heavy atom. The summed E-state index contributed by atoms with van der Waals surface area (Å²) in [5, 5.41) is 8.92. The average molecular weight is 351 g/mol. The Labute approximate surface area is 154 Å². The lowest BCUT2D eigenvalue weighted by molar-refractivity contribution is 0.0979. The molecule has 3 rings (SSSR count). The molecule has 0 aromatic heterocycles. The summed E-state index contributed by atoms with van der Waals surface area (Å²) in [6, 6.07) is 13.6. The van der Waals surface area contributed by atoms with Crippen LogP contribution in [0.5, 0.6) is 0 Å². The van der Waals surface area contributed by atoms with Crippen molar-refractivity contribution in [2.45, 2.75) is 39.2 Å². The fourth-order valence-corrected chi connectivity index (χ4v) is 3.16. The number of carbonyl (C=O) groups excluding carboxylic acids is 2. The van der Waals surface area contributed by atoms with Gasteiger partial charge in [-0.25, -0.2) is 4.79 Å². The number of aryl methyl sites for hydroxylation is 1. The summed E-state index contributed by atoms with van der Waals surface area (Å²) < 4.78 is 0. The first-order chi connectivity index (χ1) is 12.7. The highest BCUT2D eigenvalue weighted by Crippen LogP contribution is 2.21. The molecule has 2 aromatic carbocycles. The largest absolute Gasteiger partial charge is 0.385 e. The van der Waals surface area contributed by atoms with Crippen LogP contribution in [-0.4, -0.2) is 18.4 Å². The van der Waals surface area contributed by atoms with E-state index >= 15 is 0 Å². The van der Waals surface area contributed by atoms with Crippen LogP contribution in [-0.2, 0) is 13.0 Å². The third-order valence-electron chi connectivity index (χ3n) is 4.66. The van der Waals surface area contributed by atoms with Gasteiger partial charge in [0.25, 0.3) is 0 Å². The Morgan fingerprint density at radius 1 is 1.15 bits per heavy atom. The predicted octanol–water partition coefficient (Wildman–Crippen LogP) is 4.35. The predicted molar refractivity (Wildman–Crippen MR) is 105 cm³/mol. The van der Waals surface area contributed by atoms with Gasteiger partial charge < -0.3 is 16.0 Å². The number of Topliss-reactive ketones (excluding diaryl/α,β-unsaturated/α-hetero) is 1. The lowest BCUT2D eigenvalue weighted by Crippen LogP contribution is -2.33. The fourth-order valence-electron chi connectivity index (χ4n) is 3.16. The summed E-state index contributed by atoms with van der Waals surface area (Å²) in [6.07, 6.45) is 3.35. The minimum Gasteiger partial charge on any atom is -0.385 e. The summed E-state index contributed by atoms with van der Waals surface area (Å²) in [5.41, 5.74) is 4.95. The van der Waals surface area contributed by atoms with Crippen LogP contribution in [0.2, 0.25) is 0 Å². The van der Waals surface area contributed by atoms with Crippen LogP contribution in [0, 0.1) is 0 Å². The van der Waals surface area contributed by atoms with Crippen LogP contribution in [0.4, 0.5) is 16.2 Å². The van der Waals surface area contributed by atoms with Crippen LogP contribution in [0.25, 0.3) is 0 Å². The minimum absolute atomic E-state index is 0.152. The molecule has 136 valence electrons. The van der Waals surface area contributed by atoms with Crippen molar-refractivity contribution in [2.24, 2.45) is 0 Å². The van der Waals surface area contributed by atoms with Gasteiger partial charge in [0.1, 0.15) is 0 Å². The van der Waals surface area contributed by atoms with Crippen LogP contribution in [0.15, 0.2) is 42.5 Å². The van der Waals surface area contributed by atoms with E-state index in [1.165, 1.54) is 11.3 Å². The standard InChI is InChI=1S/C21H25N3O2/c1-2-15-7-3-4-8-18(15)22-12-6-5-9-20(25)16-10-11-19-17(13-16)14-23-21(26)24-19/h3-4,7-8,10-11,13,22H,2,5-6,9,12,14H2,1H3,(H2,23,24,26). The second-order valence-electron chi connectivity index (χ2n) is 6.50. The van der Waals surface area contributed by atoms with Crippen LogP contribution in [0.1, 0.15) is 47.7 Å². The number of amides is 2. The van der Waals surface area contributed by atoms with Gasteiger partial charge in [-0.05, 0) is 54.7 Å². The number of rotatable bonds is 8. The maximum Gasteiger partial charge on any atom is 0.319 e. The van der Waals surface area contributed by atoms with E-state index in [4.69, 9.17) is 0 Å². The molecule has 0 radical (unpaired) electrons. The van der Waals surface area contributed by atoms with E-state index in [0.29, 0.717) is 18.5 Å². The van der Waals surface area contributed by atoms with Crippen molar-refractivity contribution < 1.29 is 9.59 Å². The Kier molecular flexibility index (Phi) is 5.89. The first-order valence-electron chi connectivity index (χ1n) is 9.20. The van der Waals surface area contributed by atoms with E-state index in [9.17, 15) is 9.59 Å². The molecule has 2 aromatic rings. The first kappa shape index (κ1) is 18.0. The van der Waals surface area contributed by atoms with Crippen molar-refractivity contribution in [3.05, 3.63) is 59.2 Å². The summed E-state index contributed by atoms with van der Waals surface area (Å²) in [5.74, 6) is 0.152. The monoisotopic (exact) mass is 351 g/mol. The summed E-state index contributed by atoms with van der Waals surface area (Å²) in [6.45, 7) is 3.48. The maximum atomic E-state index is 12.4. The third kappa shape index (κ3) is 4.42. The lowest BCUT2D eigenvalue weighted by Gasteiger charge is -2.18. The Morgan fingerprint density at radius 2 is 2.00 bits per heavy atom. The molecule has 1 aliphatic heterocycles. The van der Waals surface area contributed by atoms with Crippen molar-refractivity contribution in [2.75, 3.05) is 17.2 Å². The number of fused-ring (bicyclic) bond motifs is 1. The Hall–Kier alpha value is -2.82. The quantitative estimate of drug-likeness (QED) is 0.489. The normalized spacial score (nSPS) is 12.7. The number of urea groups is 1. The highest BCUT2D eigenvalue weighted by molar-refractivity contribution is 5.98. The van der Waals surface area contributed by atoms with Crippen LogP contribution >= 0.6 is 0 Å². The van der Waals surface area contributed by atoms with Gasteiger partial charge in [-0.2, -0.15) is 0 Å². The van der Waals surface area contributed by atoms with Crippen molar-refractivity contribution >= 4 is 23.2 Å². The molecule has 0 spiro atoms. The molecule has 0 saturated carbocycles. The van der Waals surface area contributed by atoms with Crippen molar-refractivity contribution in [1.29, 1.82) is 0 Å². The van der Waals surface area contributed by atoms with Crippen LogP contribution in [0.3, 0.4) is 0 Å². The van der Waals surface area contributed by atoms with Gasteiger partial charge in [0.15, 0.2) is 5.78 Å². The average Bonchev–Trinajstić information content (AvgIpc) is 2.67. The van der Waals surface area contributed by atoms with Gasteiger partial charge in [-0.1, -0.05) is 25.1 Å². The summed E-state index contributed by atoms with van der Waals surface area (Å²) >= 11 is 0. The fraction of sp³-hybridized carbons (Fsp3) is 0.333. The molecule has 1 heterocycles. The van der Waals surface area contributed by atoms with E-state index in [1.807, 2.05) is 18.2 Å². The Bertz CT molecular complexity index is 802. The molecular formula is C21H25N3O2. The van der Waals surface area contributed by atoms with Gasteiger partial charge >= 0.3 is 6.03 Å². The molecule has 0 saturated heterocycles. The second-order valence-corrected chi connectivity index (χ2v) is 6.50. The van der Waals surface area contributed by atoms with Gasteiger partial charge in [-0.3, -0.25) is 4.79 Å². The molecule has 5 heteroatoms. The molecule has 0 unspecified atom stereocenters. The molecule has 2 amide bonds. The molecule has 1 aliphatic rings. The van der Waals surface area contributed by atoms with E-state index in [-0.39, 0.29) is 11.8 Å². The zero-order valence-electron chi connectivity index (χ0n) is 15.1. The second kappa shape index (κ2) is 8.52. The zero-order chi connectivity index (χ0) is 18.4. The number of anilines is 2. The molecular weight excluding hydrogens is 326 g/mol. The van der Waals surface area contributed by atoms with Gasteiger partial charge in [-0.15, -0.1) is 0 Å². The number of ketones is 1. The third-order valence-corrected chi connectivity index (χ3v) is 4.66. The highest BCUT2D eigenvalue weighted by Gasteiger charge is 2.15. The number of benzene rings is 2. The number of para-hydroxylation sites is 1. The van der Waals surface area contributed by atoms with Crippen LogP contribution < -0.4 is 16.0 Å². The zero-order valence-corrected chi connectivity index (χ0v) is 15.1.